The van der Waals surface area contributed by atoms with Gasteiger partial charge in [0.25, 0.3) is 5.91 Å². The molecule has 0 aliphatic carbocycles. The summed E-state index contributed by atoms with van der Waals surface area (Å²) in [6.45, 7) is 1.55. The van der Waals surface area contributed by atoms with E-state index in [9.17, 15) is 4.79 Å². The highest BCUT2D eigenvalue weighted by atomic mass is 32.1. The van der Waals surface area contributed by atoms with Gasteiger partial charge in [0, 0.05) is 18.8 Å². The first kappa shape index (κ1) is 23.3. The van der Waals surface area contributed by atoms with E-state index in [2.05, 4.69) is 30.5 Å². The van der Waals surface area contributed by atoms with E-state index >= 15 is 0 Å². The van der Waals surface area contributed by atoms with Gasteiger partial charge in [-0.3, -0.25) is 4.79 Å². The Bertz CT molecular complexity index is 1280. The molecule has 11 heteroatoms. The number of primary amides is 1. The van der Waals surface area contributed by atoms with Crippen molar-refractivity contribution in [1.82, 2.24) is 19.9 Å². The summed E-state index contributed by atoms with van der Waals surface area (Å²) in [5, 5.41) is 9.01. The van der Waals surface area contributed by atoms with Crippen molar-refractivity contribution in [2.75, 3.05) is 45.0 Å². The number of carbonyl (C=O) groups is 1. The molecule has 0 aliphatic rings. The van der Waals surface area contributed by atoms with E-state index in [-0.39, 0.29) is 0 Å². The maximum absolute atomic E-state index is 11.7. The summed E-state index contributed by atoms with van der Waals surface area (Å²) in [6, 6.07) is 9.21. The van der Waals surface area contributed by atoms with Gasteiger partial charge in [-0.05, 0) is 50.2 Å². The van der Waals surface area contributed by atoms with Gasteiger partial charge >= 0.3 is 0 Å². The van der Waals surface area contributed by atoms with E-state index in [0.29, 0.717) is 51.8 Å². The van der Waals surface area contributed by atoms with Crippen molar-refractivity contribution in [3.63, 3.8) is 0 Å². The number of ether oxygens (including phenoxy) is 2. The maximum atomic E-state index is 11.7. The zero-order chi connectivity index (χ0) is 24.1. The second kappa shape index (κ2) is 10.4. The number of aromatic amines is 1. The van der Waals surface area contributed by atoms with Crippen LogP contribution in [-0.4, -0.2) is 60.1 Å². The van der Waals surface area contributed by atoms with Crippen LogP contribution >= 0.6 is 11.3 Å². The lowest BCUT2D eigenvalue weighted by Crippen LogP contribution is -2.15. The smallest absolute Gasteiger partial charge is 0.260 e. The first-order valence-electron chi connectivity index (χ1n) is 10.7. The Hall–Kier alpha value is -3.83. The molecule has 3 heterocycles. The molecular formula is C23H27N7O3S. The molecule has 0 bridgehead atoms. The van der Waals surface area contributed by atoms with Crippen molar-refractivity contribution in [2.24, 2.45) is 5.73 Å². The highest BCUT2D eigenvalue weighted by Crippen LogP contribution is 2.33. The topological polar surface area (TPSA) is 130 Å². The van der Waals surface area contributed by atoms with Gasteiger partial charge in [-0.25, -0.2) is 0 Å². The molecule has 34 heavy (non-hydrogen) atoms. The number of H-pyrrole nitrogens is 1. The zero-order valence-corrected chi connectivity index (χ0v) is 20.0. The quantitative estimate of drug-likeness (QED) is 0.237. The summed E-state index contributed by atoms with van der Waals surface area (Å²) in [4.78, 5) is 26.6. The number of rotatable bonds is 11. The monoisotopic (exact) mass is 481 g/mol. The van der Waals surface area contributed by atoms with E-state index in [0.717, 1.165) is 18.4 Å². The first-order valence-corrected chi connectivity index (χ1v) is 11.5. The van der Waals surface area contributed by atoms with E-state index in [4.69, 9.17) is 15.2 Å². The normalized spacial score (nSPS) is 11.1. The minimum absolute atomic E-state index is 0.344. The van der Waals surface area contributed by atoms with Gasteiger partial charge < -0.3 is 35.7 Å². The van der Waals surface area contributed by atoms with Crippen LogP contribution in [0.25, 0.3) is 11.0 Å². The molecule has 0 spiro atoms. The van der Waals surface area contributed by atoms with Gasteiger partial charge in [-0.2, -0.15) is 9.97 Å². The predicted molar refractivity (Wildman–Crippen MR) is 135 cm³/mol. The second-order valence-electron chi connectivity index (χ2n) is 7.78. The van der Waals surface area contributed by atoms with Crippen LogP contribution in [-0.2, 0) is 0 Å². The number of hydrogen-bond acceptors (Lipinski definition) is 9. The Kier molecular flexibility index (Phi) is 7.14. The van der Waals surface area contributed by atoms with Crippen molar-refractivity contribution in [3.05, 3.63) is 46.8 Å². The molecule has 10 nitrogen and oxygen atoms in total. The van der Waals surface area contributed by atoms with Crippen LogP contribution in [0.2, 0.25) is 0 Å². The number of benzene rings is 1. The van der Waals surface area contributed by atoms with Crippen LogP contribution in [0.15, 0.2) is 41.9 Å². The summed E-state index contributed by atoms with van der Waals surface area (Å²) < 4.78 is 11.4. The molecule has 1 amide bonds. The third-order valence-corrected chi connectivity index (χ3v) is 5.92. The molecule has 5 N–H and O–H groups in total. The Morgan fingerprint density at radius 3 is 2.79 bits per heavy atom. The third kappa shape index (κ3) is 5.38. The molecule has 4 aromatic rings. The van der Waals surface area contributed by atoms with Gasteiger partial charge in [-0.15, -0.1) is 11.3 Å². The van der Waals surface area contributed by atoms with Gasteiger partial charge in [0.1, 0.15) is 27.8 Å². The summed E-state index contributed by atoms with van der Waals surface area (Å²) in [5.74, 6) is 1.72. The second-order valence-corrected chi connectivity index (χ2v) is 8.70. The van der Waals surface area contributed by atoms with E-state index in [1.807, 2.05) is 38.4 Å². The Balaban J connectivity index is 1.60. The summed E-state index contributed by atoms with van der Waals surface area (Å²) >= 11 is 1.27. The molecule has 0 fully saturated rings. The highest BCUT2D eigenvalue weighted by molar-refractivity contribution is 7.12. The Morgan fingerprint density at radius 2 is 2.03 bits per heavy atom. The number of nitrogens with two attached hydrogens (primary N) is 1. The van der Waals surface area contributed by atoms with Crippen molar-refractivity contribution >= 4 is 51.4 Å². The van der Waals surface area contributed by atoms with Crippen molar-refractivity contribution < 1.29 is 14.3 Å². The van der Waals surface area contributed by atoms with Crippen LogP contribution in [0.5, 0.6) is 11.5 Å². The average Bonchev–Trinajstić information content (AvgIpc) is 3.46. The number of carbonyl (C=O) groups excluding carboxylic acids is 1. The average molecular weight is 482 g/mol. The number of fused-ring (bicyclic) bond motifs is 1. The van der Waals surface area contributed by atoms with Gasteiger partial charge in [-0.1, -0.05) is 0 Å². The molecule has 0 radical (unpaired) electrons. The van der Waals surface area contributed by atoms with E-state index in [1.165, 1.54) is 11.3 Å². The predicted octanol–water partition coefficient (Wildman–Crippen LogP) is 3.94. The largest absolute Gasteiger partial charge is 0.495 e. The van der Waals surface area contributed by atoms with Gasteiger partial charge in [0.05, 0.1) is 30.5 Å². The number of thiophene rings is 1. The molecular weight excluding hydrogens is 454 g/mol. The molecule has 0 unspecified atom stereocenters. The van der Waals surface area contributed by atoms with Gasteiger partial charge in [0.15, 0.2) is 0 Å². The number of methoxy groups -OCH3 is 1. The van der Waals surface area contributed by atoms with Crippen molar-refractivity contribution in [1.29, 1.82) is 0 Å². The zero-order valence-electron chi connectivity index (χ0n) is 19.2. The molecule has 1 aromatic carbocycles. The molecule has 0 aliphatic heterocycles. The fourth-order valence-corrected chi connectivity index (χ4v) is 4.09. The molecule has 4 rings (SSSR count). The lowest BCUT2D eigenvalue weighted by molar-refractivity contribution is 0.100. The fraction of sp³-hybridized carbons (Fsp3) is 0.261. The fourth-order valence-electron chi connectivity index (χ4n) is 3.38. The van der Waals surface area contributed by atoms with Crippen LogP contribution in [0.4, 0.5) is 23.1 Å². The summed E-state index contributed by atoms with van der Waals surface area (Å²) in [5.41, 5.74) is 7.38. The van der Waals surface area contributed by atoms with Gasteiger partial charge in [0.2, 0.25) is 5.95 Å². The molecule has 0 saturated carbocycles. The Labute approximate surface area is 201 Å². The number of hydrogen-bond donors (Lipinski definition) is 4. The maximum Gasteiger partial charge on any atom is 0.260 e. The van der Waals surface area contributed by atoms with E-state index in [1.54, 1.807) is 24.8 Å². The summed E-state index contributed by atoms with van der Waals surface area (Å²) in [6.07, 6.45) is 2.69. The SMILES string of the molecule is COc1ccc(OCCCN(C)C)cc1Nc1nc(Nc2ccsc2C(N)=O)c2cc[nH]c2n1. The first-order chi connectivity index (χ1) is 16.4. The lowest BCUT2D eigenvalue weighted by atomic mass is 10.2. The minimum Gasteiger partial charge on any atom is -0.495 e. The number of nitrogens with zero attached hydrogens (tertiary/aromatic N) is 3. The van der Waals surface area contributed by atoms with E-state index < -0.39 is 5.91 Å². The third-order valence-electron chi connectivity index (χ3n) is 4.99. The number of nitrogens with one attached hydrogen (secondary N) is 3. The van der Waals surface area contributed by atoms with Crippen molar-refractivity contribution in [3.8, 4) is 11.5 Å². The van der Waals surface area contributed by atoms with Crippen LogP contribution in [0.1, 0.15) is 16.1 Å². The minimum atomic E-state index is -0.498. The number of aromatic nitrogens is 3. The van der Waals surface area contributed by atoms with Crippen LogP contribution < -0.4 is 25.8 Å². The molecule has 0 atom stereocenters. The highest BCUT2D eigenvalue weighted by Gasteiger charge is 2.15. The number of anilines is 4. The van der Waals surface area contributed by atoms with Crippen molar-refractivity contribution in [2.45, 2.75) is 6.42 Å². The summed E-state index contributed by atoms with van der Waals surface area (Å²) in [7, 11) is 5.67. The van der Waals surface area contributed by atoms with Crippen LogP contribution in [0, 0.1) is 0 Å². The van der Waals surface area contributed by atoms with Crippen LogP contribution in [0.3, 0.4) is 0 Å². The number of amides is 1. The molecule has 3 aromatic heterocycles. The standard InChI is InChI=1S/C23H27N7O3S/c1-30(2)10-4-11-33-14-5-6-18(32-3)17(13-14)27-23-28-21-15(7-9-25-21)22(29-23)26-16-8-12-34-19(16)20(24)31/h5-9,12-13H,4,10-11H2,1-3H3,(H2,24,31)(H3,25,26,27,28,29). The Morgan fingerprint density at radius 1 is 1.18 bits per heavy atom. The molecule has 178 valence electrons. The molecule has 0 saturated heterocycles. The lowest BCUT2D eigenvalue weighted by Gasteiger charge is -2.15.